The predicted molar refractivity (Wildman–Crippen MR) is 135 cm³/mol. The van der Waals surface area contributed by atoms with Crippen molar-refractivity contribution >= 4 is 21.5 Å². The normalized spacial score (nSPS) is 21.9. The molecule has 1 aliphatic heterocycles. The van der Waals surface area contributed by atoms with Crippen LogP contribution in [0.5, 0.6) is 5.88 Å². The van der Waals surface area contributed by atoms with E-state index < -0.39 is 22.2 Å². The molecular formula is C25H35N5O5S. The Morgan fingerprint density at radius 2 is 2.08 bits per heavy atom. The fourth-order valence-electron chi connectivity index (χ4n) is 4.63. The van der Waals surface area contributed by atoms with Crippen molar-refractivity contribution in [3.05, 3.63) is 42.0 Å². The third-order valence-corrected chi connectivity index (χ3v) is 8.68. The van der Waals surface area contributed by atoms with Crippen LogP contribution in [0.4, 0.5) is 0 Å². The Morgan fingerprint density at radius 3 is 2.72 bits per heavy atom. The minimum Gasteiger partial charge on any atom is -0.472 e. The van der Waals surface area contributed by atoms with Crippen molar-refractivity contribution in [2.45, 2.75) is 56.7 Å². The first kappa shape index (κ1) is 26.3. The number of imidazole rings is 1. The summed E-state index contributed by atoms with van der Waals surface area (Å²) in [6, 6.07) is 1.40. The largest absolute Gasteiger partial charge is 0.472 e. The number of likely N-dealkylation sites (N-methyl/N-ethyl adjacent to an activating group) is 1. The summed E-state index contributed by atoms with van der Waals surface area (Å²) in [5.74, 6) is -0.312. The van der Waals surface area contributed by atoms with Crippen LogP contribution in [-0.4, -0.2) is 82.1 Å². The van der Waals surface area contributed by atoms with Crippen molar-refractivity contribution < 1.29 is 23.1 Å². The van der Waals surface area contributed by atoms with Gasteiger partial charge in [-0.1, -0.05) is 13.0 Å². The number of carbonyl (C=O) groups is 1. The van der Waals surface area contributed by atoms with Gasteiger partial charge >= 0.3 is 0 Å². The van der Waals surface area contributed by atoms with Gasteiger partial charge in [0.1, 0.15) is 11.7 Å². The van der Waals surface area contributed by atoms with Gasteiger partial charge in [0.15, 0.2) is 5.03 Å². The first-order chi connectivity index (χ1) is 17.1. The second-order valence-electron chi connectivity index (χ2n) is 9.84. The molecule has 0 bridgehead atoms. The van der Waals surface area contributed by atoms with Crippen LogP contribution in [0.1, 0.15) is 55.5 Å². The van der Waals surface area contributed by atoms with Crippen molar-refractivity contribution in [3.63, 3.8) is 0 Å². The van der Waals surface area contributed by atoms with Crippen molar-refractivity contribution in [2.75, 3.05) is 26.7 Å². The number of aliphatic hydroxyl groups excluding tert-OH is 1. The maximum absolute atomic E-state index is 13.6. The second-order valence-corrected chi connectivity index (χ2v) is 11.8. The number of pyridine rings is 1. The highest BCUT2D eigenvalue weighted by atomic mass is 32.2. The van der Waals surface area contributed by atoms with Crippen LogP contribution in [0, 0.1) is 5.92 Å². The highest BCUT2D eigenvalue weighted by Gasteiger charge is 2.36. The zero-order valence-corrected chi connectivity index (χ0v) is 22.1. The van der Waals surface area contributed by atoms with Gasteiger partial charge in [-0.3, -0.25) is 4.79 Å². The van der Waals surface area contributed by atoms with Gasteiger partial charge in [0.05, 0.1) is 25.5 Å². The number of hydrogen-bond donors (Lipinski definition) is 1. The lowest BCUT2D eigenvalue weighted by Crippen LogP contribution is -2.50. The van der Waals surface area contributed by atoms with Crippen LogP contribution in [0.15, 0.2) is 35.9 Å². The van der Waals surface area contributed by atoms with Crippen molar-refractivity contribution in [2.24, 2.45) is 13.0 Å². The minimum absolute atomic E-state index is 0.0411. The Hall–Kier alpha value is -2.76. The van der Waals surface area contributed by atoms with E-state index in [4.69, 9.17) is 4.74 Å². The summed E-state index contributed by atoms with van der Waals surface area (Å²) < 4.78 is 35.2. The van der Waals surface area contributed by atoms with E-state index in [1.54, 1.807) is 29.6 Å². The minimum atomic E-state index is -3.83. The van der Waals surface area contributed by atoms with Crippen LogP contribution in [0.2, 0.25) is 0 Å². The van der Waals surface area contributed by atoms with Crippen LogP contribution in [0.3, 0.4) is 0 Å². The highest BCUT2D eigenvalue weighted by Crippen LogP contribution is 2.32. The van der Waals surface area contributed by atoms with E-state index in [1.165, 1.54) is 29.5 Å². The molecule has 0 saturated carbocycles. The van der Waals surface area contributed by atoms with Gasteiger partial charge in [-0.15, -0.1) is 0 Å². The lowest BCUT2D eigenvalue weighted by molar-refractivity contribution is 0.0373. The summed E-state index contributed by atoms with van der Waals surface area (Å²) in [7, 11) is -0.633. The lowest BCUT2D eigenvalue weighted by atomic mass is 9.93. The van der Waals surface area contributed by atoms with Gasteiger partial charge in [0.2, 0.25) is 5.88 Å². The first-order valence-electron chi connectivity index (χ1n) is 12.3. The molecule has 1 amide bonds. The zero-order chi connectivity index (χ0) is 26.0. The molecule has 11 heteroatoms. The summed E-state index contributed by atoms with van der Waals surface area (Å²) in [4.78, 5) is 23.8. The van der Waals surface area contributed by atoms with Crippen LogP contribution < -0.4 is 4.74 Å². The maximum atomic E-state index is 13.6. The number of sulfonamides is 1. The Morgan fingerprint density at radius 1 is 1.31 bits per heavy atom. The molecule has 0 fully saturated rings. The maximum Gasteiger partial charge on any atom is 0.261 e. The average molecular weight is 518 g/mol. The molecule has 1 aliphatic carbocycles. The fourth-order valence-corrected chi connectivity index (χ4v) is 5.77. The number of aromatic nitrogens is 3. The van der Waals surface area contributed by atoms with Gasteiger partial charge in [-0.05, 0) is 49.8 Å². The monoisotopic (exact) mass is 517 g/mol. The molecule has 3 heterocycles. The van der Waals surface area contributed by atoms with E-state index in [1.807, 2.05) is 13.0 Å². The van der Waals surface area contributed by atoms with E-state index >= 15 is 0 Å². The molecular weight excluding hydrogens is 482 g/mol. The second kappa shape index (κ2) is 10.7. The Labute approximate surface area is 212 Å². The predicted octanol–water partition coefficient (Wildman–Crippen LogP) is 2.31. The first-order valence-corrected chi connectivity index (χ1v) is 13.8. The molecule has 0 radical (unpaired) electrons. The van der Waals surface area contributed by atoms with Gasteiger partial charge in [0.25, 0.3) is 15.9 Å². The van der Waals surface area contributed by atoms with Crippen molar-refractivity contribution in [1.82, 2.24) is 23.7 Å². The molecule has 0 aromatic carbocycles. The van der Waals surface area contributed by atoms with Crippen LogP contribution >= 0.6 is 0 Å². The highest BCUT2D eigenvalue weighted by molar-refractivity contribution is 7.89. The third-order valence-electron chi connectivity index (χ3n) is 6.98. The van der Waals surface area contributed by atoms with Gasteiger partial charge in [-0.2, -0.15) is 4.31 Å². The standard InChI is InChI=1S/C25H35N5O5S/c1-17-12-30(18(2)15-31)25(32)21-10-20(19-8-6-5-7-9-19)11-26-24(21)35-22(17)13-29(4)36(33,34)23-14-28(3)16-27-23/h8,10-11,14,16-18,22,31H,5-7,9,12-13,15H2,1-4H3/t17-,18+,22-/m0/s1. The van der Waals surface area contributed by atoms with Gasteiger partial charge in [0, 0.05) is 39.0 Å². The molecule has 2 aliphatic rings. The lowest BCUT2D eigenvalue weighted by Gasteiger charge is -2.37. The average Bonchev–Trinajstić information content (AvgIpc) is 3.33. The molecule has 36 heavy (non-hydrogen) atoms. The quantitative estimate of drug-likeness (QED) is 0.599. The smallest absolute Gasteiger partial charge is 0.261 e. The van der Waals surface area contributed by atoms with Gasteiger partial charge < -0.3 is 19.3 Å². The third kappa shape index (κ3) is 5.33. The Bertz CT molecular complexity index is 1240. The molecule has 4 rings (SSSR count). The van der Waals surface area contributed by atoms with E-state index in [9.17, 15) is 18.3 Å². The zero-order valence-electron chi connectivity index (χ0n) is 21.3. The summed E-state index contributed by atoms with van der Waals surface area (Å²) in [6.07, 6.45) is 10.4. The summed E-state index contributed by atoms with van der Waals surface area (Å²) in [6.45, 7) is 3.85. The SMILES string of the molecule is C[C@H](CO)N1C[C@H](C)[C@H](CN(C)S(=O)(=O)c2cn(C)cn2)Oc2ncc(C3=CCCCC3)cc2C1=O. The molecule has 2 aromatic rings. The molecule has 0 spiro atoms. The molecule has 3 atom stereocenters. The summed E-state index contributed by atoms with van der Waals surface area (Å²) in [5, 5.41) is 9.82. The number of aliphatic hydroxyl groups is 1. The van der Waals surface area contributed by atoms with Crippen LogP contribution in [-0.2, 0) is 17.1 Å². The molecule has 0 unspecified atom stereocenters. The van der Waals surface area contributed by atoms with Crippen molar-refractivity contribution in [3.8, 4) is 5.88 Å². The number of hydrogen-bond acceptors (Lipinski definition) is 7. The number of carbonyl (C=O) groups excluding carboxylic acids is 1. The number of ether oxygens (including phenoxy) is 1. The van der Waals surface area contributed by atoms with E-state index in [-0.39, 0.29) is 35.9 Å². The Kier molecular flexibility index (Phi) is 7.82. The molecule has 2 aromatic heterocycles. The number of rotatable bonds is 7. The summed E-state index contributed by atoms with van der Waals surface area (Å²) >= 11 is 0. The molecule has 10 nitrogen and oxygen atoms in total. The number of nitrogens with zero attached hydrogens (tertiary/aromatic N) is 5. The molecule has 196 valence electrons. The van der Waals surface area contributed by atoms with E-state index in [0.29, 0.717) is 12.1 Å². The van der Waals surface area contributed by atoms with Crippen LogP contribution in [0.25, 0.3) is 5.57 Å². The topological polar surface area (TPSA) is 118 Å². The number of amides is 1. The van der Waals surface area contributed by atoms with Gasteiger partial charge in [-0.25, -0.2) is 18.4 Å². The van der Waals surface area contributed by atoms with E-state index in [0.717, 1.165) is 31.2 Å². The fraction of sp³-hybridized carbons (Fsp3) is 0.560. The molecule has 1 N–H and O–H groups in total. The Balaban J connectivity index is 1.68. The number of allylic oxidation sites excluding steroid dienone is 2. The van der Waals surface area contributed by atoms with E-state index in [2.05, 4.69) is 16.0 Å². The molecule has 0 saturated heterocycles. The number of aryl methyl sites for hydroxylation is 1. The van der Waals surface area contributed by atoms with Crippen molar-refractivity contribution in [1.29, 1.82) is 0 Å². The number of fused-ring (bicyclic) bond motifs is 1. The summed E-state index contributed by atoms with van der Waals surface area (Å²) in [5.41, 5.74) is 2.38.